The van der Waals surface area contributed by atoms with Gasteiger partial charge in [-0.2, -0.15) is 0 Å². The normalized spacial score (nSPS) is 12.9. The van der Waals surface area contributed by atoms with E-state index in [0.29, 0.717) is 22.8 Å². The molecule has 3 aromatic carbocycles. The molecule has 170 valence electrons. The Kier molecular flexibility index (Phi) is 8.95. The number of anilines is 1. The summed E-state index contributed by atoms with van der Waals surface area (Å²) in [6.45, 7) is 2.32. The second-order valence-electron chi connectivity index (χ2n) is 7.73. The molecule has 0 fully saturated rings. The Bertz CT molecular complexity index is 1100. The molecule has 0 saturated carbocycles. The van der Waals surface area contributed by atoms with Crippen molar-refractivity contribution in [1.29, 1.82) is 0 Å². The third-order valence-electron chi connectivity index (χ3n) is 5.18. The molecule has 0 aliphatic heterocycles. The van der Waals surface area contributed by atoms with Gasteiger partial charge >= 0.3 is 0 Å². The molecule has 6 heteroatoms. The first-order chi connectivity index (χ1) is 15.9. The molecular weight excluding hydrogens is 436 g/mol. The number of nitrogens with one attached hydrogen (secondary N) is 2. The lowest BCUT2D eigenvalue weighted by Crippen LogP contribution is -2.33. The van der Waals surface area contributed by atoms with Crippen LogP contribution in [0.2, 0.25) is 5.02 Å². The number of ketones is 1. The molecule has 33 heavy (non-hydrogen) atoms. The number of amides is 1. The van der Waals surface area contributed by atoms with Crippen molar-refractivity contribution in [3.05, 3.63) is 107 Å². The third kappa shape index (κ3) is 7.68. The smallest absolute Gasteiger partial charge is 0.248 e. The molecular formula is C27H27ClN2O3. The van der Waals surface area contributed by atoms with Crippen LogP contribution in [-0.4, -0.2) is 29.4 Å². The van der Waals surface area contributed by atoms with E-state index in [4.69, 9.17) is 11.6 Å². The van der Waals surface area contributed by atoms with Crippen molar-refractivity contribution >= 4 is 35.1 Å². The van der Waals surface area contributed by atoms with Crippen LogP contribution in [0.25, 0.3) is 6.08 Å². The topological polar surface area (TPSA) is 78.4 Å². The largest absolute Gasteiger partial charge is 0.387 e. The molecule has 0 radical (unpaired) electrons. The highest BCUT2D eigenvalue weighted by Gasteiger charge is 2.16. The monoisotopic (exact) mass is 462 g/mol. The first-order valence-corrected chi connectivity index (χ1v) is 11.1. The van der Waals surface area contributed by atoms with E-state index in [1.165, 1.54) is 6.08 Å². The second-order valence-corrected chi connectivity index (χ2v) is 8.16. The highest BCUT2D eigenvalue weighted by molar-refractivity contribution is 6.30. The molecule has 0 heterocycles. The fraction of sp³-hybridized carbons (Fsp3) is 0.185. The van der Waals surface area contributed by atoms with E-state index in [2.05, 4.69) is 10.6 Å². The number of rotatable bonds is 10. The second kappa shape index (κ2) is 12.1. The number of hydrogen-bond donors (Lipinski definition) is 3. The third-order valence-corrected chi connectivity index (χ3v) is 5.43. The van der Waals surface area contributed by atoms with Gasteiger partial charge in [-0.25, -0.2) is 0 Å². The predicted octanol–water partition coefficient (Wildman–Crippen LogP) is 5.28. The Morgan fingerprint density at radius 1 is 1.00 bits per heavy atom. The van der Waals surface area contributed by atoms with Crippen molar-refractivity contribution in [2.24, 2.45) is 0 Å². The summed E-state index contributed by atoms with van der Waals surface area (Å²) >= 11 is 5.86. The Labute approximate surface area is 199 Å². The van der Waals surface area contributed by atoms with E-state index in [0.717, 1.165) is 11.1 Å². The van der Waals surface area contributed by atoms with Gasteiger partial charge in [0.25, 0.3) is 0 Å². The molecule has 0 aromatic heterocycles. The lowest BCUT2D eigenvalue weighted by Gasteiger charge is -2.20. The molecule has 0 bridgehead atoms. The van der Waals surface area contributed by atoms with E-state index < -0.39 is 6.10 Å². The van der Waals surface area contributed by atoms with Crippen molar-refractivity contribution in [1.82, 2.24) is 5.32 Å². The summed E-state index contributed by atoms with van der Waals surface area (Å²) in [7, 11) is 0. The first-order valence-electron chi connectivity index (χ1n) is 10.8. The molecule has 3 N–H and O–H groups in total. The highest BCUT2D eigenvalue weighted by Crippen LogP contribution is 2.17. The molecule has 3 rings (SSSR count). The maximum absolute atomic E-state index is 12.6. The fourth-order valence-corrected chi connectivity index (χ4v) is 3.43. The van der Waals surface area contributed by atoms with Gasteiger partial charge in [0.15, 0.2) is 5.78 Å². The van der Waals surface area contributed by atoms with Crippen molar-refractivity contribution < 1.29 is 14.7 Å². The highest BCUT2D eigenvalue weighted by atomic mass is 35.5. The summed E-state index contributed by atoms with van der Waals surface area (Å²) in [5.41, 5.74) is 2.76. The Morgan fingerprint density at radius 3 is 2.45 bits per heavy atom. The molecule has 0 aliphatic rings. The molecule has 1 amide bonds. The average Bonchev–Trinajstić information content (AvgIpc) is 2.83. The van der Waals surface area contributed by atoms with Crippen molar-refractivity contribution in [2.45, 2.75) is 25.5 Å². The summed E-state index contributed by atoms with van der Waals surface area (Å²) in [6, 6.07) is 23.2. The van der Waals surface area contributed by atoms with Crippen molar-refractivity contribution in [2.75, 3.05) is 11.9 Å². The van der Waals surface area contributed by atoms with E-state index in [9.17, 15) is 14.7 Å². The molecule has 2 atom stereocenters. The van der Waals surface area contributed by atoms with Gasteiger partial charge in [0.2, 0.25) is 5.91 Å². The minimum absolute atomic E-state index is 0.0447. The standard InChI is InChI=1S/C27H27ClN2O3/c1-19(27(33)21-6-3-2-4-7-21)29-17-16-25(31)22-8-5-9-24(18-22)30-26(32)15-12-20-10-13-23(28)14-11-20/h2-15,18-19,27,29,33H,16-17H2,1H3,(H,30,32)/b15-12+. The first kappa shape index (κ1) is 24.4. The molecule has 0 saturated heterocycles. The lowest BCUT2D eigenvalue weighted by molar-refractivity contribution is -0.111. The molecule has 0 aliphatic carbocycles. The predicted molar refractivity (Wildman–Crippen MR) is 133 cm³/mol. The molecule has 0 spiro atoms. The van der Waals surface area contributed by atoms with Gasteiger partial charge in [0.05, 0.1) is 6.10 Å². The van der Waals surface area contributed by atoms with Crippen molar-refractivity contribution in [3.63, 3.8) is 0 Å². The molecule has 2 unspecified atom stereocenters. The quantitative estimate of drug-likeness (QED) is 0.283. The van der Waals surface area contributed by atoms with Crippen LogP contribution in [0.5, 0.6) is 0 Å². The SMILES string of the molecule is CC(NCCC(=O)c1cccc(NC(=O)/C=C/c2ccc(Cl)cc2)c1)C(O)c1ccccc1. The number of hydrogen-bond acceptors (Lipinski definition) is 4. The fourth-order valence-electron chi connectivity index (χ4n) is 3.31. The van der Waals surface area contributed by atoms with Crippen LogP contribution in [0.4, 0.5) is 5.69 Å². The maximum atomic E-state index is 12.6. The van der Waals surface area contributed by atoms with Crippen LogP contribution >= 0.6 is 11.6 Å². The van der Waals surface area contributed by atoms with Gasteiger partial charge in [-0.05, 0) is 48.4 Å². The number of aliphatic hydroxyl groups is 1. The zero-order valence-electron chi connectivity index (χ0n) is 18.4. The Hall–Kier alpha value is -3.25. The molecule has 3 aromatic rings. The van der Waals surface area contributed by atoms with E-state index in [1.54, 1.807) is 42.5 Å². The molecule has 5 nitrogen and oxygen atoms in total. The Morgan fingerprint density at radius 2 is 1.73 bits per heavy atom. The number of Topliss-reactive ketones (excluding diaryl/α,β-unsaturated/α-hetero) is 1. The zero-order valence-corrected chi connectivity index (χ0v) is 19.1. The zero-order chi connectivity index (χ0) is 23.6. The summed E-state index contributed by atoms with van der Waals surface area (Å²) in [5.74, 6) is -0.336. The summed E-state index contributed by atoms with van der Waals surface area (Å²) in [6.07, 6.45) is 2.75. The van der Waals surface area contributed by atoms with Gasteiger partial charge in [-0.15, -0.1) is 0 Å². The summed E-state index contributed by atoms with van der Waals surface area (Å²) in [4.78, 5) is 24.8. The van der Waals surface area contributed by atoms with Gasteiger partial charge in [-0.1, -0.05) is 66.2 Å². The van der Waals surface area contributed by atoms with Gasteiger partial charge < -0.3 is 15.7 Å². The van der Waals surface area contributed by atoms with Crippen LogP contribution in [-0.2, 0) is 4.79 Å². The minimum atomic E-state index is -0.652. The number of carbonyl (C=O) groups is 2. The Balaban J connectivity index is 1.49. The van der Waals surface area contributed by atoms with Crippen LogP contribution < -0.4 is 10.6 Å². The van der Waals surface area contributed by atoms with Crippen LogP contribution in [0.3, 0.4) is 0 Å². The van der Waals surface area contributed by atoms with E-state index in [1.807, 2.05) is 49.4 Å². The summed E-state index contributed by atoms with van der Waals surface area (Å²) in [5, 5.41) is 17.0. The van der Waals surface area contributed by atoms with Crippen LogP contribution in [0, 0.1) is 0 Å². The van der Waals surface area contributed by atoms with E-state index in [-0.39, 0.29) is 24.2 Å². The maximum Gasteiger partial charge on any atom is 0.248 e. The van der Waals surface area contributed by atoms with Gasteiger partial charge in [0, 0.05) is 41.4 Å². The number of aliphatic hydroxyl groups excluding tert-OH is 1. The minimum Gasteiger partial charge on any atom is -0.387 e. The lowest BCUT2D eigenvalue weighted by atomic mass is 10.0. The van der Waals surface area contributed by atoms with Crippen molar-refractivity contribution in [3.8, 4) is 0 Å². The average molecular weight is 463 g/mol. The number of halogens is 1. The van der Waals surface area contributed by atoms with Gasteiger partial charge in [0.1, 0.15) is 0 Å². The van der Waals surface area contributed by atoms with Gasteiger partial charge in [-0.3, -0.25) is 9.59 Å². The summed E-state index contributed by atoms with van der Waals surface area (Å²) < 4.78 is 0. The number of carbonyl (C=O) groups excluding carboxylic acids is 2. The van der Waals surface area contributed by atoms with E-state index >= 15 is 0 Å². The van der Waals surface area contributed by atoms with Crippen LogP contribution in [0.15, 0.2) is 84.9 Å². The van der Waals surface area contributed by atoms with Crippen LogP contribution in [0.1, 0.15) is 40.9 Å². The number of benzene rings is 3.